The van der Waals surface area contributed by atoms with Crippen LogP contribution in [0.3, 0.4) is 0 Å². The second-order valence-electron chi connectivity index (χ2n) is 11.9. The molecule has 0 heterocycles. The SMILES string of the molecule is COC1CCC(NC(=O)C23CC4CC(C2)CC(C(=O)NC2CCC(OC)CC2)(C4)C3)CC1. The number of carbonyl (C=O) groups excluding carboxylic acids is 2. The Hall–Kier alpha value is -1.14. The van der Waals surface area contributed by atoms with Crippen molar-refractivity contribution in [2.24, 2.45) is 22.7 Å². The van der Waals surface area contributed by atoms with E-state index in [1.807, 2.05) is 0 Å². The fraction of sp³-hybridized carbons (Fsp3) is 0.923. The van der Waals surface area contributed by atoms with E-state index in [2.05, 4.69) is 10.6 Å². The minimum absolute atomic E-state index is 0.241. The van der Waals surface area contributed by atoms with Crippen LogP contribution in [-0.2, 0) is 19.1 Å². The Balaban J connectivity index is 1.24. The van der Waals surface area contributed by atoms with Crippen LogP contribution in [0.5, 0.6) is 0 Å². The van der Waals surface area contributed by atoms with Crippen molar-refractivity contribution in [3.8, 4) is 0 Å². The van der Waals surface area contributed by atoms with E-state index in [4.69, 9.17) is 9.47 Å². The van der Waals surface area contributed by atoms with Crippen LogP contribution >= 0.6 is 0 Å². The van der Waals surface area contributed by atoms with Gasteiger partial charge < -0.3 is 20.1 Å². The molecule has 6 aliphatic rings. The van der Waals surface area contributed by atoms with Crippen molar-refractivity contribution in [1.82, 2.24) is 10.6 Å². The normalized spacial score (nSPS) is 45.4. The van der Waals surface area contributed by atoms with Crippen LogP contribution in [0, 0.1) is 22.7 Å². The Morgan fingerprint density at radius 3 is 1.38 bits per heavy atom. The molecule has 0 aliphatic heterocycles. The Bertz CT molecular complexity index is 639. The first-order valence-electron chi connectivity index (χ1n) is 13.1. The fourth-order valence-corrected chi connectivity index (χ4v) is 8.36. The predicted molar refractivity (Wildman–Crippen MR) is 122 cm³/mol. The van der Waals surface area contributed by atoms with Crippen molar-refractivity contribution in [2.45, 2.75) is 114 Å². The van der Waals surface area contributed by atoms with Gasteiger partial charge in [-0.15, -0.1) is 0 Å². The second kappa shape index (κ2) is 8.90. The molecule has 0 atom stereocenters. The van der Waals surface area contributed by atoms with Crippen molar-refractivity contribution in [2.75, 3.05) is 14.2 Å². The lowest BCUT2D eigenvalue weighted by atomic mass is 9.43. The van der Waals surface area contributed by atoms with Gasteiger partial charge in [0, 0.05) is 26.3 Å². The van der Waals surface area contributed by atoms with Crippen LogP contribution < -0.4 is 10.6 Å². The number of nitrogens with one attached hydrogen (secondary N) is 2. The highest BCUT2D eigenvalue weighted by molar-refractivity contribution is 5.88. The van der Waals surface area contributed by atoms with Crippen molar-refractivity contribution in [3.05, 3.63) is 0 Å². The summed E-state index contributed by atoms with van der Waals surface area (Å²) >= 11 is 0. The summed E-state index contributed by atoms with van der Waals surface area (Å²) < 4.78 is 11.0. The van der Waals surface area contributed by atoms with Crippen LogP contribution in [0.25, 0.3) is 0 Å². The monoisotopic (exact) mass is 446 g/mol. The van der Waals surface area contributed by atoms with E-state index in [0.717, 1.165) is 83.5 Å². The van der Waals surface area contributed by atoms with Gasteiger partial charge in [0.05, 0.1) is 23.0 Å². The molecular formula is C26H42N2O4. The molecule has 4 bridgehead atoms. The highest BCUT2D eigenvalue weighted by atomic mass is 16.5. The molecule has 0 spiro atoms. The molecule has 0 aromatic carbocycles. The van der Waals surface area contributed by atoms with Gasteiger partial charge in [0.25, 0.3) is 0 Å². The zero-order valence-corrected chi connectivity index (χ0v) is 20.0. The molecule has 0 aromatic rings. The molecule has 0 saturated heterocycles. The van der Waals surface area contributed by atoms with Crippen LogP contribution in [0.15, 0.2) is 0 Å². The lowest BCUT2D eigenvalue weighted by molar-refractivity contribution is -0.168. The number of hydrogen-bond donors (Lipinski definition) is 2. The van der Waals surface area contributed by atoms with E-state index in [1.54, 1.807) is 14.2 Å². The Kier molecular flexibility index (Phi) is 6.30. The van der Waals surface area contributed by atoms with Gasteiger partial charge >= 0.3 is 0 Å². The smallest absolute Gasteiger partial charge is 0.226 e. The highest BCUT2D eigenvalue weighted by Crippen LogP contribution is 2.65. The van der Waals surface area contributed by atoms with Crippen molar-refractivity contribution in [1.29, 1.82) is 0 Å². The van der Waals surface area contributed by atoms with Gasteiger partial charge in [-0.05, 0) is 102 Å². The summed E-state index contributed by atoms with van der Waals surface area (Å²) in [6.45, 7) is 0. The maximum atomic E-state index is 13.7. The summed E-state index contributed by atoms with van der Waals surface area (Å²) in [5.41, 5.74) is -0.652. The van der Waals surface area contributed by atoms with E-state index in [0.29, 0.717) is 24.0 Å². The molecule has 0 radical (unpaired) electrons. The minimum Gasteiger partial charge on any atom is -0.381 e. The predicted octanol–water partition coefficient (Wildman–Crippen LogP) is 3.72. The molecule has 0 aromatic heterocycles. The van der Waals surface area contributed by atoms with Crippen molar-refractivity contribution >= 4 is 11.8 Å². The van der Waals surface area contributed by atoms with Crippen molar-refractivity contribution < 1.29 is 19.1 Å². The minimum atomic E-state index is -0.326. The Morgan fingerprint density at radius 1 is 0.656 bits per heavy atom. The number of rotatable bonds is 6. The molecule has 6 rings (SSSR count). The first-order chi connectivity index (χ1) is 15.4. The molecule has 2 N–H and O–H groups in total. The van der Waals surface area contributed by atoms with Gasteiger partial charge in [0.15, 0.2) is 0 Å². The first kappa shape index (κ1) is 22.6. The molecule has 6 nitrogen and oxygen atoms in total. The van der Waals surface area contributed by atoms with E-state index < -0.39 is 0 Å². The van der Waals surface area contributed by atoms with Gasteiger partial charge in [0.1, 0.15) is 0 Å². The van der Waals surface area contributed by atoms with E-state index in [1.165, 1.54) is 6.42 Å². The number of carbonyl (C=O) groups is 2. The van der Waals surface area contributed by atoms with E-state index in [-0.39, 0.29) is 34.7 Å². The Labute approximate surface area is 192 Å². The maximum absolute atomic E-state index is 13.7. The third-order valence-electron chi connectivity index (χ3n) is 9.71. The van der Waals surface area contributed by atoms with Crippen LogP contribution in [0.4, 0.5) is 0 Å². The maximum Gasteiger partial charge on any atom is 0.226 e. The molecule has 6 saturated carbocycles. The Morgan fingerprint density at radius 2 is 1.03 bits per heavy atom. The molecule has 2 amide bonds. The summed E-state index contributed by atoms with van der Waals surface area (Å²) in [5, 5.41) is 6.86. The summed E-state index contributed by atoms with van der Waals surface area (Å²) in [5.74, 6) is 1.54. The lowest BCUT2D eigenvalue weighted by Gasteiger charge is -2.60. The number of methoxy groups -OCH3 is 2. The average molecular weight is 447 g/mol. The zero-order chi connectivity index (χ0) is 22.3. The van der Waals surface area contributed by atoms with Gasteiger partial charge in [-0.25, -0.2) is 0 Å². The summed E-state index contributed by atoms with van der Waals surface area (Å²) in [4.78, 5) is 27.3. The standard InChI is InChI=1S/C26H42N2O4/c1-31-21-7-3-19(4-8-21)27-23(29)25-12-17-11-18(13-25)15-26(14-17,16-25)24(30)28-20-5-9-22(32-2)10-6-20/h17-22H,3-16H2,1-2H3,(H,27,29)(H,28,30). The number of amides is 2. The van der Waals surface area contributed by atoms with E-state index in [9.17, 15) is 9.59 Å². The molecule has 6 aliphatic carbocycles. The molecule has 6 fully saturated rings. The molecule has 0 unspecified atom stereocenters. The number of ether oxygens (including phenoxy) is 2. The first-order valence-corrected chi connectivity index (χ1v) is 13.1. The highest BCUT2D eigenvalue weighted by Gasteiger charge is 2.63. The zero-order valence-electron chi connectivity index (χ0n) is 20.0. The molecule has 6 heteroatoms. The van der Waals surface area contributed by atoms with Crippen LogP contribution in [-0.4, -0.2) is 50.3 Å². The summed E-state index contributed by atoms with van der Waals surface area (Å²) in [7, 11) is 3.57. The van der Waals surface area contributed by atoms with Gasteiger partial charge in [0.2, 0.25) is 11.8 Å². The fourth-order valence-electron chi connectivity index (χ4n) is 8.36. The topological polar surface area (TPSA) is 76.7 Å². The third-order valence-corrected chi connectivity index (χ3v) is 9.71. The van der Waals surface area contributed by atoms with E-state index >= 15 is 0 Å². The number of hydrogen-bond acceptors (Lipinski definition) is 4. The lowest BCUT2D eigenvalue weighted by Crippen LogP contribution is -2.62. The van der Waals surface area contributed by atoms with Crippen LogP contribution in [0.1, 0.15) is 89.9 Å². The average Bonchev–Trinajstić information content (AvgIpc) is 2.79. The van der Waals surface area contributed by atoms with Crippen molar-refractivity contribution in [3.63, 3.8) is 0 Å². The summed E-state index contributed by atoms with van der Waals surface area (Å²) in [6, 6.07) is 0.533. The molecule has 180 valence electrons. The second-order valence-corrected chi connectivity index (χ2v) is 11.9. The van der Waals surface area contributed by atoms with Crippen LogP contribution in [0.2, 0.25) is 0 Å². The molecular weight excluding hydrogens is 404 g/mol. The largest absolute Gasteiger partial charge is 0.381 e. The molecule has 32 heavy (non-hydrogen) atoms. The quantitative estimate of drug-likeness (QED) is 0.652. The van der Waals surface area contributed by atoms with Gasteiger partial charge in [-0.3, -0.25) is 9.59 Å². The third kappa shape index (κ3) is 4.22. The van der Waals surface area contributed by atoms with Gasteiger partial charge in [-0.2, -0.15) is 0 Å². The van der Waals surface area contributed by atoms with Gasteiger partial charge in [-0.1, -0.05) is 0 Å². The summed E-state index contributed by atoms with van der Waals surface area (Å²) in [6.07, 6.45) is 14.7.